The number of halogens is 1. The number of nitrogens with zero attached hydrogens (tertiary/aromatic N) is 1. The summed E-state index contributed by atoms with van der Waals surface area (Å²) in [7, 11) is 0. The maximum Gasteiger partial charge on any atom is 0.345 e. The molecule has 3 rings (SSSR count). The standard InChI is InChI=1S/C25H28ClN3O6/c26-19-5-2-4-18(12-19)25(15-27)9-7-21(8-10-25)29(14-23(32)33)22(31)13-28-20-6-1-3-17(11-20)24(34)35-16-30/h1-6,11-12,16,21,28H,7-10,13-15,27H2,(H,32,33). The number of esters is 1. The molecule has 4 N–H and O–H groups in total. The molecule has 0 atom stereocenters. The smallest absolute Gasteiger partial charge is 0.345 e. The van der Waals surface area contributed by atoms with Crippen LogP contribution in [0.25, 0.3) is 0 Å². The van der Waals surface area contributed by atoms with Crippen LogP contribution in [0.4, 0.5) is 5.69 Å². The summed E-state index contributed by atoms with van der Waals surface area (Å²) in [6.45, 7) is -0.0982. The van der Waals surface area contributed by atoms with Crippen molar-refractivity contribution in [3.05, 3.63) is 64.7 Å². The van der Waals surface area contributed by atoms with E-state index < -0.39 is 18.5 Å². The molecule has 0 bridgehead atoms. The maximum absolute atomic E-state index is 13.0. The van der Waals surface area contributed by atoms with Gasteiger partial charge in [-0.15, -0.1) is 0 Å². The van der Waals surface area contributed by atoms with Crippen molar-refractivity contribution in [1.82, 2.24) is 4.90 Å². The lowest BCUT2D eigenvalue weighted by Gasteiger charge is -2.43. The molecule has 186 valence electrons. The molecule has 0 spiro atoms. The number of benzene rings is 2. The molecule has 0 saturated heterocycles. The van der Waals surface area contributed by atoms with Gasteiger partial charge in [0.2, 0.25) is 5.91 Å². The Balaban J connectivity index is 1.68. The summed E-state index contributed by atoms with van der Waals surface area (Å²) in [6, 6.07) is 13.5. The van der Waals surface area contributed by atoms with Gasteiger partial charge in [-0.2, -0.15) is 0 Å². The van der Waals surface area contributed by atoms with Gasteiger partial charge in [0, 0.05) is 28.7 Å². The molecule has 2 aromatic rings. The van der Waals surface area contributed by atoms with E-state index in [9.17, 15) is 24.3 Å². The molecule has 0 radical (unpaired) electrons. The number of nitrogens with two attached hydrogens (primary N) is 1. The quantitative estimate of drug-likeness (QED) is 0.256. The number of nitrogens with one attached hydrogen (secondary N) is 1. The lowest BCUT2D eigenvalue weighted by Crippen LogP contribution is -2.50. The van der Waals surface area contributed by atoms with Crippen LogP contribution in [-0.4, -0.2) is 60.0 Å². The number of ether oxygens (including phenoxy) is 1. The van der Waals surface area contributed by atoms with Crippen molar-refractivity contribution < 1.29 is 29.0 Å². The van der Waals surface area contributed by atoms with Gasteiger partial charge in [-0.3, -0.25) is 14.4 Å². The number of carboxylic acid groups (broad SMARTS) is 1. The third kappa shape index (κ3) is 6.58. The van der Waals surface area contributed by atoms with Crippen molar-refractivity contribution in [1.29, 1.82) is 0 Å². The van der Waals surface area contributed by atoms with E-state index in [2.05, 4.69) is 10.1 Å². The highest BCUT2D eigenvalue weighted by molar-refractivity contribution is 6.30. The third-order valence-electron chi connectivity index (χ3n) is 6.50. The number of rotatable bonds is 10. The minimum atomic E-state index is -1.09. The van der Waals surface area contributed by atoms with E-state index in [0.717, 1.165) is 5.56 Å². The molecule has 1 amide bonds. The van der Waals surface area contributed by atoms with Gasteiger partial charge in [-0.05, 0) is 61.6 Å². The summed E-state index contributed by atoms with van der Waals surface area (Å²) >= 11 is 6.18. The summed E-state index contributed by atoms with van der Waals surface area (Å²) in [6.07, 6.45) is 2.62. The lowest BCUT2D eigenvalue weighted by molar-refractivity contribution is -0.146. The first-order valence-electron chi connectivity index (χ1n) is 11.2. The normalized spacial score (nSPS) is 19.4. The van der Waals surface area contributed by atoms with Gasteiger partial charge in [-0.25, -0.2) is 4.79 Å². The van der Waals surface area contributed by atoms with Crippen molar-refractivity contribution in [2.75, 3.05) is 25.0 Å². The summed E-state index contributed by atoms with van der Waals surface area (Å²) in [4.78, 5) is 48.1. The minimum absolute atomic E-state index is 0.0473. The monoisotopic (exact) mass is 501 g/mol. The van der Waals surface area contributed by atoms with Crippen LogP contribution in [0.1, 0.15) is 41.6 Å². The first-order chi connectivity index (χ1) is 16.8. The first-order valence-corrected chi connectivity index (χ1v) is 11.6. The Morgan fingerprint density at radius 3 is 2.51 bits per heavy atom. The van der Waals surface area contributed by atoms with Gasteiger partial charge in [0.15, 0.2) is 0 Å². The lowest BCUT2D eigenvalue weighted by atomic mass is 9.68. The van der Waals surface area contributed by atoms with Crippen LogP contribution in [0.3, 0.4) is 0 Å². The SMILES string of the molecule is NCC1(c2cccc(Cl)c2)CCC(N(CC(=O)O)C(=O)CNc2cccc(C(=O)OC=O)c2)CC1. The maximum atomic E-state index is 13.0. The molecule has 1 fully saturated rings. The first kappa shape index (κ1) is 26.2. The van der Waals surface area contributed by atoms with E-state index in [1.165, 1.54) is 17.0 Å². The molecule has 2 aromatic carbocycles. The van der Waals surface area contributed by atoms with E-state index in [0.29, 0.717) is 42.9 Å². The topological polar surface area (TPSA) is 139 Å². The molecule has 10 heteroatoms. The van der Waals surface area contributed by atoms with Gasteiger partial charge in [0.05, 0.1) is 12.1 Å². The van der Waals surface area contributed by atoms with Gasteiger partial charge in [0.1, 0.15) is 6.54 Å². The fourth-order valence-electron chi connectivity index (χ4n) is 4.61. The van der Waals surface area contributed by atoms with Crippen LogP contribution in [-0.2, 0) is 24.5 Å². The second-order valence-electron chi connectivity index (χ2n) is 8.58. The Hall–Kier alpha value is -3.43. The summed E-state index contributed by atoms with van der Waals surface area (Å²) in [5.74, 6) is -2.28. The number of carbonyl (C=O) groups excluding carboxylic acids is 3. The molecule has 0 heterocycles. The molecular formula is C25H28ClN3O6. The van der Waals surface area contributed by atoms with Gasteiger partial charge < -0.3 is 25.8 Å². The highest BCUT2D eigenvalue weighted by Crippen LogP contribution is 2.40. The Morgan fingerprint density at radius 2 is 1.89 bits per heavy atom. The molecule has 9 nitrogen and oxygen atoms in total. The number of anilines is 1. The van der Waals surface area contributed by atoms with Crippen LogP contribution in [0.2, 0.25) is 5.02 Å². The number of carbonyl (C=O) groups is 4. The highest BCUT2D eigenvalue weighted by atomic mass is 35.5. The minimum Gasteiger partial charge on any atom is -0.480 e. The predicted molar refractivity (Wildman–Crippen MR) is 130 cm³/mol. The number of hydrogen-bond donors (Lipinski definition) is 3. The van der Waals surface area contributed by atoms with Crippen LogP contribution >= 0.6 is 11.6 Å². The Morgan fingerprint density at radius 1 is 1.17 bits per heavy atom. The summed E-state index contributed by atoms with van der Waals surface area (Å²) in [5.41, 5.74) is 7.55. The van der Waals surface area contributed by atoms with Gasteiger partial charge in [0.25, 0.3) is 0 Å². The number of amides is 1. The number of carboxylic acids is 1. The second kappa shape index (κ2) is 11.8. The average molecular weight is 502 g/mol. The van der Waals surface area contributed by atoms with Crippen molar-refractivity contribution in [3.63, 3.8) is 0 Å². The molecular weight excluding hydrogens is 474 g/mol. The molecule has 0 unspecified atom stereocenters. The zero-order valence-corrected chi connectivity index (χ0v) is 19.9. The molecule has 35 heavy (non-hydrogen) atoms. The third-order valence-corrected chi connectivity index (χ3v) is 6.74. The van der Waals surface area contributed by atoms with Gasteiger partial charge >= 0.3 is 18.4 Å². The fourth-order valence-corrected chi connectivity index (χ4v) is 4.80. The van der Waals surface area contributed by atoms with Crippen molar-refractivity contribution in [2.45, 2.75) is 37.1 Å². The molecule has 0 aromatic heterocycles. The van der Waals surface area contributed by atoms with Crippen molar-refractivity contribution in [2.24, 2.45) is 5.73 Å². The van der Waals surface area contributed by atoms with E-state index in [-0.39, 0.29) is 35.9 Å². The highest BCUT2D eigenvalue weighted by Gasteiger charge is 2.39. The predicted octanol–water partition coefficient (Wildman–Crippen LogP) is 2.82. The largest absolute Gasteiger partial charge is 0.480 e. The van der Waals surface area contributed by atoms with E-state index in [4.69, 9.17) is 17.3 Å². The van der Waals surface area contributed by atoms with Crippen molar-refractivity contribution in [3.8, 4) is 0 Å². The van der Waals surface area contributed by atoms with Crippen LogP contribution < -0.4 is 11.1 Å². The summed E-state index contributed by atoms with van der Waals surface area (Å²) in [5, 5.41) is 13.0. The van der Waals surface area contributed by atoms with Crippen LogP contribution in [0.15, 0.2) is 48.5 Å². The summed E-state index contributed by atoms with van der Waals surface area (Å²) < 4.78 is 4.33. The van der Waals surface area contributed by atoms with E-state index in [1.54, 1.807) is 12.1 Å². The van der Waals surface area contributed by atoms with Crippen LogP contribution in [0, 0.1) is 0 Å². The van der Waals surface area contributed by atoms with E-state index in [1.807, 2.05) is 24.3 Å². The Kier molecular flexibility index (Phi) is 8.84. The molecule has 1 saturated carbocycles. The van der Waals surface area contributed by atoms with Crippen molar-refractivity contribution >= 4 is 41.6 Å². The molecule has 1 aliphatic carbocycles. The fraction of sp³-hybridized carbons (Fsp3) is 0.360. The zero-order chi connectivity index (χ0) is 25.4. The average Bonchev–Trinajstić information content (AvgIpc) is 2.86. The number of hydrogen-bond acceptors (Lipinski definition) is 7. The second-order valence-corrected chi connectivity index (χ2v) is 9.01. The Bertz CT molecular complexity index is 1080. The van der Waals surface area contributed by atoms with Gasteiger partial charge in [-0.1, -0.05) is 29.8 Å². The molecule has 1 aliphatic rings. The number of aliphatic carboxylic acids is 1. The van der Waals surface area contributed by atoms with E-state index >= 15 is 0 Å². The molecule has 0 aliphatic heterocycles. The van der Waals surface area contributed by atoms with Crippen LogP contribution in [0.5, 0.6) is 0 Å². The Labute approximate surface area is 208 Å². The zero-order valence-electron chi connectivity index (χ0n) is 19.1.